The summed E-state index contributed by atoms with van der Waals surface area (Å²) in [5, 5.41) is 2.61. The Bertz CT molecular complexity index is 1100. The Balaban J connectivity index is 2.71. The predicted octanol–water partition coefficient (Wildman–Crippen LogP) is 2.18. The molecular formula is C14H15ClN2O8S2. The van der Waals surface area contributed by atoms with Crippen molar-refractivity contribution in [1.29, 1.82) is 0 Å². The molecule has 27 heavy (non-hydrogen) atoms. The van der Waals surface area contributed by atoms with Crippen molar-refractivity contribution >= 4 is 48.9 Å². The largest absolute Gasteiger partial charge is 0.495 e. The predicted molar refractivity (Wildman–Crippen MR) is 98.3 cm³/mol. The molecule has 5 N–H and O–H groups in total. The summed E-state index contributed by atoms with van der Waals surface area (Å²) in [5.74, 6) is 0.0193. The van der Waals surface area contributed by atoms with Gasteiger partial charge in [-0.25, -0.2) is 0 Å². The molecule has 10 nitrogen and oxygen atoms in total. The molecule has 0 fully saturated rings. The smallest absolute Gasteiger partial charge is 0.296 e. The third kappa shape index (κ3) is 4.54. The summed E-state index contributed by atoms with van der Waals surface area (Å²) >= 11 is 5.99. The van der Waals surface area contributed by atoms with Crippen LogP contribution in [0.3, 0.4) is 0 Å². The Morgan fingerprint density at radius 2 is 1.44 bits per heavy atom. The fraction of sp³-hybridized carbons (Fsp3) is 0.143. The molecule has 0 radical (unpaired) electrons. The van der Waals surface area contributed by atoms with Gasteiger partial charge in [-0.2, -0.15) is 16.8 Å². The molecule has 2 aromatic carbocycles. The van der Waals surface area contributed by atoms with Gasteiger partial charge in [-0.05, 0) is 12.1 Å². The molecule has 0 aromatic heterocycles. The molecule has 2 aromatic rings. The van der Waals surface area contributed by atoms with Crippen molar-refractivity contribution in [3.05, 3.63) is 29.3 Å². The zero-order chi connectivity index (χ0) is 20.6. The van der Waals surface area contributed by atoms with E-state index in [2.05, 4.69) is 5.32 Å². The van der Waals surface area contributed by atoms with E-state index >= 15 is 0 Å². The van der Waals surface area contributed by atoms with Gasteiger partial charge in [0.05, 0.1) is 36.3 Å². The monoisotopic (exact) mass is 438 g/mol. The first-order valence-electron chi connectivity index (χ1n) is 6.95. The fourth-order valence-electron chi connectivity index (χ4n) is 2.21. The minimum atomic E-state index is -4.70. The number of nitrogen functional groups attached to an aromatic ring is 1. The topological polar surface area (TPSA) is 165 Å². The van der Waals surface area contributed by atoms with Crippen LogP contribution in [-0.2, 0) is 20.2 Å². The zero-order valence-electron chi connectivity index (χ0n) is 13.9. The number of hydrogen-bond donors (Lipinski definition) is 4. The van der Waals surface area contributed by atoms with Gasteiger partial charge in [-0.3, -0.25) is 9.11 Å². The molecule has 0 bridgehead atoms. The Labute approximate surface area is 160 Å². The lowest BCUT2D eigenvalue weighted by molar-refractivity contribution is 0.413. The van der Waals surface area contributed by atoms with Gasteiger partial charge in [-0.15, -0.1) is 0 Å². The molecular weight excluding hydrogens is 424 g/mol. The van der Waals surface area contributed by atoms with Crippen LogP contribution in [0, 0.1) is 0 Å². The Morgan fingerprint density at radius 3 is 1.93 bits per heavy atom. The number of methoxy groups -OCH3 is 2. The standard InChI is InChI=1S/C14H15ClN2O8S2/c1-24-11-6-14(27(21,22)23)10(3-7(11)15)17-9-5-13(26(18,19)20)8(16)4-12(9)25-2/h3-6,17H,16H2,1-2H3,(H,18,19,20)(H,21,22,23). The van der Waals surface area contributed by atoms with Gasteiger partial charge in [0.2, 0.25) is 0 Å². The van der Waals surface area contributed by atoms with E-state index in [1.807, 2.05) is 0 Å². The van der Waals surface area contributed by atoms with Gasteiger partial charge in [0.25, 0.3) is 20.2 Å². The van der Waals surface area contributed by atoms with E-state index in [1.54, 1.807) is 0 Å². The van der Waals surface area contributed by atoms with Crippen LogP contribution in [0.5, 0.6) is 11.5 Å². The van der Waals surface area contributed by atoms with Crippen LogP contribution in [0.15, 0.2) is 34.1 Å². The third-order valence-corrected chi connectivity index (χ3v) is 5.51. The molecule has 0 aliphatic heterocycles. The van der Waals surface area contributed by atoms with Crippen molar-refractivity contribution in [3.63, 3.8) is 0 Å². The highest BCUT2D eigenvalue weighted by Crippen LogP contribution is 2.39. The number of ether oxygens (including phenoxy) is 2. The summed E-state index contributed by atoms with van der Waals surface area (Å²) in [6.45, 7) is 0. The van der Waals surface area contributed by atoms with E-state index in [0.29, 0.717) is 0 Å². The van der Waals surface area contributed by atoms with Gasteiger partial charge < -0.3 is 20.5 Å². The lowest BCUT2D eigenvalue weighted by Gasteiger charge is -2.17. The van der Waals surface area contributed by atoms with Crippen molar-refractivity contribution in [3.8, 4) is 11.5 Å². The first-order valence-corrected chi connectivity index (χ1v) is 10.2. The molecule has 0 saturated heterocycles. The van der Waals surface area contributed by atoms with E-state index < -0.39 is 30.0 Å². The summed E-state index contributed by atoms with van der Waals surface area (Å²) in [4.78, 5) is -1.21. The van der Waals surface area contributed by atoms with Crippen LogP contribution >= 0.6 is 11.6 Å². The molecule has 0 spiro atoms. The number of benzene rings is 2. The van der Waals surface area contributed by atoms with E-state index in [1.165, 1.54) is 14.2 Å². The minimum Gasteiger partial charge on any atom is -0.495 e. The average molecular weight is 439 g/mol. The Kier molecular flexibility index (Phi) is 5.77. The highest BCUT2D eigenvalue weighted by Gasteiger charge is 2.22. The van der Waals surface area contributed by atoms with Gasteiger partial charge >= 0.3 is 0 Å². The van der Waals surface area contributed by atoms with Crippen molar-refractivity contribution in [1.82, 2.24) is 0 Å². The van der Waals surface area contributed by atoms with Gasteiger partial charge in [0.15, 0.2) is 0 Å². The second-order valence-corrected chi connectivity index (χ2v) is 8.34. The summed E-state index contributed by atoms with van der Waals surface area (Å²) < 4.78 is 75.0. The van der Waals surface area contributed by atoms with E-state index in [-0.39, 0.29) is 33.6 Å². The van der Waals surface area contributed by atoms with Crippen molar-refractivity contribution in [2.75, 3.05) is 25.3 Å². The molecule has 0 amide bonds. The van der Waals surface area contributed by atoms with Gasteiger partial charge in [-0.1, -0.05) is 11.6 Å². The zero-order valence-corrected chi connectivity index (χ0v) is 16.3. The van der Waals surface area contributed by atoms with Crippen LogP contribution in [0.1, 0.15) is 0 Å². The molecule has 0 aliphatic rings. The molecule has 0 saturated carbocycles. The van der Waals surface area contributed by atoms with Crippen molar-refractivity contribution in [2.45, 2.75) is 9.79 Å². The highest BCUT2D eigenvalue weighted by atomic mass is 35.5. The number of rotatable bonds is 6. The summed E-state index contributed by atoms with van der Waals surface area (Å²) in [6.07, 6.45) is 0. The summed E-state index contributed by atoms with van der Waals surface area (Å²) in [7, 11) is -6.85. The molecule has 0 heterocycles. The second-order valence-electron chi connectivity index (χ2n) is 5.15. The number of nitrogens with one attached hydrogen (secondary N) is 1. The van der Waals surface area contributed by atoms with Crippen molar-refractivity contribution < 1.29 is 35.4 Å². The van der Waals surface area contributed by atoms with Gasteiger partial charge in [0, 0.05) is 12.1 Å². The van der Waals surface area contributed by atoms with Crippen molar-refractivity contribution in [2.24, 2.45) is 0 Å². The molecule has 13 heteroatoms. The maximum Gasteiger partial charge on any atom is 0.296 e. The SMILES string of the molecule is COc1cc(S(=O)(=O)O)c(Nc2cc(S(=O)(=O)O)c(N)cc2OC)cc1Cl. The normalized spacial score (nSPS) is 11.9. The number of hydrogen-bond acceptors (Lipinski definition) is 8. The molecule has 0 unspecified atom stereocenters. The molecule has 0 aliphatic carbocycles. The second kappa shape index (κ2) is 7.40. The van der Waals surface area contributed by atoms with E-state index in [4.69, 9.17) is 26.8 Å². The Morgan fingerprint density at radius 1 is 0.889 bits per heavy atom. The molecule has 0 atom stereocenters. The lowest BCUT2D eigenvalue weighted by atomic mass is 10.2. The number of anilines is 3. The Hall–Kier alpha value is -2.25. The van der Waals surface area contributed by atoms with Crippen LogP contribution in [0.2, 0.25) is 5.02 Å². The quantitative estimate of drug-likeness (QED) is 0.387. The summed E-state index contributed by atoms with van der Waals surface area (Å²) in [5.41, 5.74) is 5.03. The minimum absolute atomic E-state index is 0.0109. The number of nitrogens with two attached hydrogens (primary N) is 1. The third-order valence-electron chi connectivity index (χ3n) is 3.41. The summed E-state index contributed by atoms with van der Waals surface area (Å²) in [6, 6.07) is 4.18. The average Bonchev–Trinajstić information content (AvgIpc) is 2.54. The van der Waals surface area contributed by atoms with Crippen LogP contribution < -0.4 is 20.5 Å². The molecule has 2 rings (SSSR count). The maximum absolute atomic E-state index is 11.7. The van der Waals surface area contributed by atoms with E-state index in [9.17, 15) is 25.9 Å². The van der Waals surface area contributed by atoms with Crippen LogP contribution in [0.4, 0.5) is 17.1 Å². The fourth-order valence-corrected chi connectivity index (χ4v) is 3.72. The first kappa shape index (κ1) is 21.1. The highest BCUT2D eigenvalue weighted by molar-refractivity contribution is 7.86. The molecule has 148 valence electrons. The maximum atomic E-state index is 11.7. The van der Waals surface area contributed by atoms with E-state index in [0.717, 1.165) is 24.3 Å². The van der Waals surface area contributed by atoms with Gasteiger partial charge in [0.1, 0.15) is 21.3 Å². The first-order chi connectivity index (χ1) is 12.4. The van der Waals surface area contributed by atoms with Crippen LogP contribution in [-0.4, -0.2) is 40.2 Å². The lowest BCUT2D eigenvalue weighted by Crippen LogP contribution is -2.08. The number of halogens is 1. The van der Waals surface area contributed by atoms with Crippen LogP contribution in [0.25, 0.3) is 0 Å².